The summed E-state index contributed by atoms with van der Waals surface area (Å²) in [4.78, 5) is 2.81. The summed E-state index contributed by atoms with van der Waals surface area (Å²) in [5.74, 6) is 1.00. The molecule has 0 amide bonds. The molecule has 0 radical (unpaired) electrons. The molecule has 0 aromatic heterocycles. The van der Waals surface area contributed by atoms with Crippen molar-refractivity contribution in [1.82, 2.24) is 10.2 Å². The van der Waals surface area contributed by atoms with Gasteiger partial charge in [0, 0.05) is 18.6 Å². The third-order valence-electron chi connectivity index (χ3n) is 4.93. The van der Waals surface area contributed by atoms with Gasteiger partial charge in [0.2, 0.25) is 0 Å². The van der Waals surface area contributed by atoms with Crippen molar-refractivity contribution < 1.29 is 0 Å². The van der Waals surface area contributed by atoms with Gasteiger partial charge in [0.1, 0.15) is 0 Å². The van der Waals surface area contributed by atoms with Gasteiger partial charge in [-0.3, -0.25) is 4.90 Å². The van der Waals surface area contributed by atoms with Crippen LogP contribution in [0.4, 0.5) is 0 Å². The van der Waals surface area contributed by atoms with Gasteiger partial charge < -0.3 is 5.32 Å². The highest BCUT2D eigenvalue weighted by Crippen LogP contribution is 2.28. The number of nitrogens with one attached hydrogen (secondary N) is 1. The highest BCUT2D eigenvalue weighted by molar-refractivity contribution is 4.86. The average Bonchev–Trinajstić information content (AvgIpc) is 2.89. The molecule has 1 saturated carbocycles. The summed E-state index contributed by atoms with van der Waals surface area (Å²) in [6, 6.07) is 1.47. The van der Waals surface area contributed by atoms with Crippen molar-refractivity contribution in [2.45, 2.75) is 77.3 Å². The van der Waals surface area contributed by atoms with E-state index in [0.717, 1.165) is 12.0 Å². The summed E-state index contributed by atoms with van der Waals surface area (Å²) in [6.45, 7) is 8.56. The second kappa shape index (κ2) is 7.49. The molecule has 0 aromatic rings. The summed E-state index contributed by atoms with van der Waals surface area (Å²) >= 11 is 0. The van der Waals surface area contributed by atoms with Crippen LogP contribution in [0.25, 0.3) is 0 Å². The topological polar surface area (TPSA) is 15.3 Å². The van der Waals surface area contributed by atoms with E-state index in [9.17, 15) is 0 Å². The fourth-order valence-corrected chi connectivity index (χ4v) is 3.84. The molecule has 106 valence electrons. The third-order valence-corrected chi connectivity index (χ3v) is 4.93. The summed E-state index contributed by atoms with van der Waals surface area (Å²) in [7, 11) is 0. The lowest BCUT2D eigenvalue weighted by Crippen LogP contribution is -2.52. The molecule has 2 heteroatoms. The molecule has 0 bridgehead atoms. The Kier molecular flexibility index (Phi) is 5.97. The van der Waals surface area contributed by atoms with Crippen LogP contribution < -0.4 is 5.32 Å². The third kappa shape index (κ3) is 3.96. The molecule has 2 unspecified atom stereocenters. The number of likely N-dealkylation sites (tertiary alicyclic amines) is 1. The molecule has 2 atom stereocenters. The zero-order chi connectivity index (χ0) is 12.8. The Morgan fingerprint density at radius 1 is 1.11 bits per heavy atom. The SMILES string of the molecule is CCCNC(C)C1CCCCN1CC1CCCC1. The maximum absolute atomic E-state index is 3.72. The molecule has 1 aliphatic carbocycles. The molecule has 2 aliphatic rings. The van der Waals surface area contributed by atoms with Gasteiger partial charge in [0.25, 0.3) is 0 Å². The average molecular weight is 252 g/mol. The predicted octanol–water partition coefficient (Wildman–Crippen LogP) is 3.42. The highest BCUT2D eigenvalue weighted by atomic mass is 15.2. The number of nitrogens with zero attached hydrogens (tertiary/aromatic N) is 1. The Bertz CT molecular complexity index is 223. The fraction of sp³-hybridized carbons (Fsp3) is 1.00. The van der Waals surface area contributed by atoms with Crippen LogP contribution in [-0.2, 0) is 0 Å². The largest absolute Gasteiger partial charge is 0.313 e. The Morgan fingerprint density at radius 3 is 2.56 bits per heavy atom. The number of hydrogen-bond acceptors (Lipinski definition) is 2. The van der Waals surface area contributed by atoms with Gasteiger partial charge in [-0.1, -0.05) is 26.2 Å². The Balaban J connectivity index is 1.83. The number of hydrogen-bond donors (Lipinski definition) is 1. The van der Waals surface area contributed by atoms with Crippen LogP contribution in [0.15, 0.2) is 0 Å². The lowest BCUT2D eigenvalue weighted by molar-refractivity contribution is 0.101. The molecule has 1 N–H and O–H groups in total. The molecule has 1 saturated heterocycles. The van der Waals surface area contributed by atoms with Gasteiger partial charge in [0.15, 0.2) is 0 Å². The van der Waals surface area contributed by atoms with E-state index in [-0.39, 0.29) is 0 Å². The second-order valence-electron chi connectivity index (χ2n) is 6.45. The van der Waals surface area contributed by atoms with Gasteiger partial charge in [-0.05, 0) is 58.0 Å². The monoisotopic (exact) mass is 252 g/mol. The molecule has 0 spiro atoms. The Hall–Kier alpha value is -0.0800. The summed E-state index contributed by atoms with van der Waals surface area (Å²) < 4.78 is 0. The van der Waals surface area contributed by atoms with Gasteiger partial charge >= 0.3 is 0 Å². The van der Waals surface area contributed by atoms with Crippen LogP contribution >= 0.6 is 0 Å². The van der Waals surface area contributed by atoms with Crippen molar-refractivity contribution in [2.24, 2.45) is 5.92 Å². The second-order valence-corrected chi connectivity index (χ2v) is 6.45. The van der Waals surface area contributed by atoms with Crippen molar-refractivity contribution in [3.8, 4) is 0 Å². The summed E-state index contributed by atoms with van der Waals surface area (Å²) in [5.41, 5.74) is 0. The number of rotatable bonds is 6. The minimum Gasteiger partial charge on any atom is -0.313 e. The summed E-state index contributed by atoms with van der Waals surface area (Å²) in [5, 5.41) is 3.72. The van der Waals surface area contributed by atoms with E-state index in [2.05, 4.69) is 24.1 Å². The van der Waals surface area contributed by atoms with Crippen LogP contribution in [-0.4, -0.2) is 36.6 Å². The van der Waals surface area contributed by atoms with E-state index in [1.165, 1.54) is 71.0 Å². The molecule has 2 fully saturated rings. The fourth-order valence-electron chi connectivity index (χ4n) is 3.84. The quantitative estimate of drug-likeness (QED) is 0.779. The first-order chi connectivity index (χ1) is 8.81. The zero-order valence-electron chi connectivity index (χ0n) is 12.5. The zero-order valence-corrected chi connectivity index (χ0v) is 12.5. The molecule has 1 aliphatic heterocycles. The molecule has 0 aromatic carbocycles. The lowest BCUT2D eigenvalue weighted by atomic mass is 9.94. The summed E-state index contributed by atoms with van der Waals surface area (Å²) in [6.07, 6.45) is 11.4. The van der Waals surface area contributed by atoms with Crippen molar-refractivity contribution in [2.75, 3.05) is 19.6 Å². The highest BCUT2D eigenvalue weighted by Gasteiger charge is 2.29. The van der Waals surface area contributed by atoms with Crippen molar-refractivity contribution in [3.63, 3.8) is 0 Å². The van der Waals surface area contributed by atoms with E-state index in [1.807, 2.05) is 0 Å². The maximum atomic E-state index is 3.72. The van der Waals surface area contributed by atoms with Gasteiger partial charge in [-0.2, -0.15) is 0 Å². The first kappa shape index (κ1) is 14.3. The molecular weight excluding hydrogens is 220 g/mol. The Morgan fingerprint density at radius 2 is 1.83 bits per heavy atom. The minimum absolute atomic E-state index is 0.673. The lowest BCUT2D eigenvalue weighted by Gasteiger charge is -2.41. The van der Waals surface area contributed by atoms with E-state index in [1.54, 1.807) is 0 Å². The molecular formula is C16H32N2. The standard InChI is InChI=1S/C16H32N2/c1-3-11-17-14(2)16-10-6-7-12-18(16)13-15-8-4-5-9-15/h14-17H,3-13H2,1-2H3. The maximum Gasteiger partial charge on any atom is 0.0246 e. The van der Waals surface area contributed by atoms with Crippen molar-refractivity contribution >= 4 is 0 Å². The molecule has 2 rings (SSSR count). The van der Waals surface area contributed by atoms with Gasteiger partial charge in [0.05, 0.1) is 0 Å². The van der Waals surface area contributed by atoms with E-state index >= 15 is 0 Å². The first-order valence-electron chi connectivity index (χ1n) is 8.28. The van der Waals surface area contributed by atoms with Crippen LogP contribution in [0.1, 0.15) is 65.2 Å². The van der Waals surface area contributed by atoms with E-state index < -0.39 is 0 Å². The van der Waals surface area contributed by atoms with Gasteiger partial charge in [-0.15, -0.1) is 0 Å². The van der Waals surface area contributed by atoms with Crippen LogP contribution in [0.3, 0.4) is 0 Å². The first-order valence-corrected chi connectivity index (χ1v) is 8.28. The van der Waals surface area contributed by atoms with Crippen LogP contribution in [0.2, 0.25) is 0 Å². The minimum atomic E-state index is 0.673. The predicted molar refractivity (Wildman–Crippen MR) is 78.9 cm³/mol. The normalized spacial score (nSPS) is 28.7. The number of piperidine rings is 1. The molecule has 2 nitrogen and oxygen atoms in total. The van der Waals surface area contributed by atoms with Crippen molar-refractivity contribution in [1.29, 1.82) is 0 Å². The van der Waals surface area contributed by atoms with Crippen molar-refractivity contribution in [3.05, 3.63) is 0 Å². The van der Waals surface area contributed by atoms with Gasteiger partial charge in [-0.25, -0.2) is 0 Å². The van der Waals surface area contributed by atoms with Crippen LogP contribution in [0.5, 0.6) is 0 Å². The van der Waals surface area contributed by atoms with Crippen LogP contribution in [0, 0.1) is 5.92 Å². The van der Waals surface area contributed by atoms with E-state index in [0.29, 0.717) is 6.04 Å². The molecule has 1 heterocycles. The molecule has 18 heavy (non-hydrogen) atoms. The Labute approximate surface area is 114 Å². The van der Waals surface area contributed by atoms with E-state index in [4.69, 9.17) is 0 Å². The smallest absolute Gasteiger partial charge is 0.0246 e.